The van der Waals surface area contributed by atoms with Gasteiger partial charge in [-0.25, -0.2) is 4.98 Å². The number of aliphatic hydroxyl groups excluding tert-OH is 1. The number of hydrogen-bond donors (Lipinski definition) is 4. The molecule has 2 bridgehead atoms. The van der Waals surface area contributed by atoms with E-state index in [1.165, 1.54) is 22.7 Å². The molecule has 0 saturated carbocycles. The van der Waals surface area contributed by atoms with Crippen molar-refractivity contribution in [2.45, 2.75) is 64.8 Å². The summed E-state index contributed by atoms with van der Waals surface area (Å²) in [5.74, 6) is -1.87. The predicted molar refractivity (Wildman–Crippen MR) is 160 cm³/mol. The van der Waals surface area contributed by atoms with Gasteiger partial charge in [-0.2, -0.15) is 0 Å². The van der Waals surface area contributed by atoms with Crippen molar-refractivity contribution >= 4 is 34.5 Å². The largest absolute Gasteiger partial charge is 0.391 e. The molecule has 3 aromatic rings. The van der Waals surface area contributed by atoms with E-state index < -0.39 is 30.0 Å². The van der Waals surface area contributed by atoms with Crippen molar-refractivity contribution in [1.29, 1.82) is 0 Å². The van der Waals surface area contributed by atoms with Gasteiger partial charge in [-0.1, -0.05) is 18.2 Å². The second-order valence-corrected chi connectivity index (χ2v) is 11.0. The third-order valence-corrected chi connectivity index (χ3v) is 7.48. The van der Waals surface area contributed by atoms with E-state index in [2.05, 4.69) is 20.9 Å². The van der Waals surface area contributed by atoms with Crippen molar-refractivity contribution in [3.8, 4) is 0 Å². The normalized spacial score (nSPS) is 19.6. The zero-order chi connectivity index (χ0) is 31.1. The smallest absolute Gasteiger partial charge is 0.261 e. The Balaban J connectivity index is 1.52. The van der Waals surface area contributed by atoms with E-state index in [0.29, 0.717) is 35.9 Å². The minimum atomic E-state index is -1.24. The van der Waals surface area contributed by atoms with Crippen LogP contribution in [0.15, 0.2) is 53.6 Å². The highest BCUT2D eigenvalue weighted by molar-refractivity contribution is 5.98. The Morgan fingerprint density at radius 3 is 2.65 bits per heavy atom. The first-order chi connectivity index (χ1) is 20.5. The molecule has 2 aromatic carbocycles. The van der Waals surface area contributed by atoms with Crippen LogP contribution in [0.5, 0.6) is 0 Å². The third kappa shape index (κ3) is 8.04. The van der Waals surface area contributed by atoms with Crippen LogP contribution in [0.25, 0.3) is 10.9 Å². The molecule has 0 unspecified atom stereocenters. The standard InChI is InChI=1S/C31H38N6O6/c1-19-10-11-23-15-22(19)7-6-13-32-26(39)17-37(16-20(2)34-30(42)28(21(3)38)35-29(23)41)27(40)12-14-36-18-33-25-9-5-4-8-24(25)31(36)43/h4-5,8-11,15,18,20-21,28,38H,6-7,12-14,16-17H2,1-3H3,(H,32,39)(H,34,42)(H,35,41)/t20-,21-,28+/m1/s1. The molecule has 12 heteroatoms. The number of aryl methyl sites for hydroxylation is 3. The quantitative estimate of drug-likeness (QED) is 0.347. The summed E-state index contributed by atoms with van der Waals surface area (Å²) >= 11 is 0. The van der Waals surface area contributed by atoms with Crippen LogP contribution in [-0.2, 0) is 27.3 Å². The van der Waals surface area contributed by atoms with Crippen molar-refractivity contribution in [2.24, 2.45) is 0 Å². The Hall–Kier alpha value is -4.58. The van der Waals surface area contributed by atoms with Crippen molar-refractivity contribution in [1.82, 2.24) is 30.4 Å². The van der Waals surface area contributed by atoms with Gasteiger partial charge in [0.1, 0.15) is 6.04 Å². The number of nitrogens with one attached hydrogen (secondary N) is 3. The summed E-state index contributed by atoms with van der Waals surface area (Å²) in [7, 11) is 0. The van der Waals surface area contributed by atoms with Crippen molar-refractivity contribution < 1.29 is 24.3 Å². The van der Waals surface area contributed by atoms with Crippen molar-refractivity contribution in [3.05, 3.63) is 75.8 Å². The fourth-order valence-electron chi connectivity index (χ4n) is 5.05. The Bertz CT molecular complexity index is 1570. The Morgan fingerprint density at radius 1 is 1.12 bits per heavy atom. The van der Waals surface area contributed by atoms with Gasteiger partial charge in [-0.15, -0.1) is 0 Å². The summed E-state index contributed by atoms with van der Waals surface area (Å²) in [6.45, 7) is 5.17. The van der Waals surface area contributed by atoms with Gasteiger partial charge in [0.05, 0.1) is 29.9 Å². The first kappa shape index (κ1) is 31.4. The van der Waals surface area contributed by atoms with E-state index in [-0.39, 0.29) is 43.4 Å². The zero-order valence-corrected chi connectivity index (χ0v) is 24.6. The zero-order valence-electron chi connectivity index (χ0n) is 24.6. The second kappa shape index (κ2) is 14.1. The van der Waals surface area contributed by atoms with Crippen molar-refractivity contribution in [3.63, 3.8) is 0 Å². The number of amides is 4. The first-order valence-corrected chi connectivity index (χ1v) is 14.4. The molecule has 0 aliphatic carbocycles. The molecule has 0 fully saturated rings. The summed E-state index contributed by atoms with van der Waals surface area (Å²) in [4.78, 5) is 70.9. The number of benzene rings is 2. The van der Waals surface area contributed by atoms with Gasteiger partial charge in [0, 0.05) is 37.7 Å². The summed E-state index contributed by atoms with van der Waals surface area (Å²) in [5, 5.41) is 19.0. The molecule has 0 spiro atoms. The third-order valence-electron chi connectivity index (χ3n) is 7.48. The molecular weight excluding hydrogens is 552 g/mol. The first-order valence-electron chi connectivity index (χ1n) is 14.4. The average Bonchev–Trinajstić information content (AvgIpc) is 2.97. The lowest BCUT2D eigenvalue weighted by atomic mass is 10.00. The van der Waals surface area contributed by atoms with Gasteiger partial charge >= 0.3 is 0 Å². The van der Waals surface area contributed by atoms with E-state index >= 15 is 0 Å². The monoisotopic (exact) mass is 590 g/mol. The van der Waals surface area contributed by atoms with Crippen LogP contribution in [0.3, 0.4) is 0 Å². The summed E-state index contributed by atoms with van der Waals surface area (Å²) in [6, 6.07) is 10.3. The minimum Gasteiger partial charge on any atom is -0.391 e. The predicted octanol–water partition coefficient (Wildman–Crippen LogP) is 0.670. The minimum absolute atomic E-state index is 0.0106. The highest BCUT2D eigenvalue weighted by Crippen LogP contribution is 2.14. The van der Waals surface area contributed by atoms with E-state index in [4.69, 9.17) is 0 Å². The molecule has 4 amide bonds. The van der Waals surface area contributed by atoms with E-state index in [9.17, 15) is 29.1 Å². The van der Waals surface area contributed by atoms with Crippen LogP contribution < -0.4 is 21.5 Å². The van der Waals surface area contributed by atoms with Crippen LogP contribution in [0, 0.1) is 6.92 Å². The number of aliphatic hydroxyl groups is 1. The lowest BCUT2D eigenvalue weighted by molar-refractivity contribution is -0.137. The molecule has 2 heterocycles. The SMILES string of the molecule is Cc1ccc2cc1CCCNC(=O)CN(C(=O)CCn1cnc3ccccc3c1=O)C[C@@H](C)NC(=O)[C@H]([C@@H](C)O)NC2=O. The van der Waals surface area contributed by atoms with Gasteiger partial charge in [0.15, 0.2) is 0 Å². The van der Waals surface area contributed by atoms with Gasteiger partial charge in [0.25, 0.3) is 11.5 Å². The molecule has 0 saturated heterocycles. The number of carbonyl (C=O) groups excluding carboxylic acids is 4. The van der Waals surface area contributed by atoms with E-state index in [0.717, 1.165) is 11.1 Å². The number of fused-ring (bicyclic) bond motifs is 3. The highest BCUT2D eigenvalue weighted by atomic mass is 16.3. The van der Waals surface area contributed by atoms with Gasteiger partial charge in [-0.3, -0.25) is 28.5 Å². The molecule has 4 rings (SSSR count). The molecule has 4 N–H and O–H groups in total. The maximum atomic E-state index is 13.4. The number of aromatic nitrogens is 2. The van der Waals surface area contributed by atoms with E-state index in [1.54, 1.807) is 43.3 Å². The Morgan fingerprint density at radius 2 is 1.88 bits per heavy atom. The molecule has 12 nitrogen and oxygen atoms in total. The topological polar surface area (TPSA) is 163 Å². The van der Waals surface area contributed by atoms with Crippen LogP contribution in [0.1, 0.15) is 48.2 Å². The lowest BCUT2D eigenvalue weighted by Gasteiger charge is -2.28. The van der Waals surface area contributed by atoms with Crippen molar-refractivity contribution in [2.75, 3.05) is 19.6 Å². The average molecular weight is 591 g/mol. The van der Waals surface area contributed by atoms with Gasteiger partial charge < -0.3 is 26.0 Å². The van der Waals surface area contributed by atoms with Crippen LogP contribution >= 0.6 is 0 Å². The van der Waals surface area contributed by atoms with Crippen LogP contribution in [0.2, 0.25) is 0 Å². The molecule has 1 aliphatic heterocycles. The summed E-state index contributed by atoms with van der Waals surface area (Å²) in [5.41, 5.74) is 2.55. The summed E-state index contributed by atoms with van der Waals surface area (Å²) < 4.78 is 1.36. The number of para-hydroxylation sites is 1. The molecule has 1 aliphatic rings. The number of hydrogen-bond acceptors (Lipinski definition) is 7. The second-order valence-electron chi connectivity index (χ2n) is 11.0. The molecule has 0 radical (unpaired) electrons. The maximum absolute atomic E-state index is 13.4. The van der Waals surface area contributed by atoms with Gasteiger partial charge in [0.2, 0.25) is 17.7 Å². The maximum Gasteiger partial charge on any atom is 0.261 e. The van der Waals surface area contributed by atoms with Crippen LogP contribution in [0.4, 0.5) is 0 Å². The molecule has 43 heavy (non-hydrogen) atoms. The number of carbonyl (C=O) groups is 4. The summed E-state index contributed by atoms with van der Waals surface area (Å²) in [6.07, 6.45) is 1.33. The van der Waals surface area contributed by atoms with E-state index in [1.807, 2.05) is 13.0 Å². The fraction of sp³-hybridized carbons (Fsp3) is 0.419. The molecular formula is C31H38N6O6. The van der Waals surface area contributed by atoms with Gasteiger partial charge in [-0.05, 0) is 69.0 Å². The van der Waals surface area contributed by atoms with Crippen LogP contribution in [-0.4, -0.2) is 81.0 Å². The Kier molecular flexibility index (Phi) is 10.3. The molecule has 3 atom stereocenters. The number of rotatable bonds is 4. The molecule has 228 valence electrons. The molecule has 1 aromatic heterocycles. The lowest BCUT2D eigenvalue weighted by Crippen LogP contribution is -2.56. The fourth-order valence-corrected chi connectivity index (χ4v) is 5.05. The number of nitrogens with zero attached hydrogens (tertiary/aromatic N) is 3. The highest BCUT2D eigenvalue weighted by Gasteiger charge is 2.29. The Labute approximate surface area is 249 Å².